The van der Waals surface area contributed by atoms with Gasteiger partial charge in [-0.1, -0.05) is 48.0 Å². The summed E-state index contributed by atoms with van der Waals surface area (Å²) in [5, 5.41) is 8.12. The second kappa shape index (κ2) is 13.7. The smallest absolute Gasteiger partial charge is 0.243 e. The van der Waals surface area contributed by atoms with E-state index < -0.39 is 47.8 Å². The number of aromatic amines is 1. The van der Waals surface area contributed by atoms with Gasteiger partial charge in [0.25, 0.3) is 0 Å². The van der Waals surface area contributed by atoms with E-state index in [1.54, 1.807) is 13.8 Å². The predicted octanol–water partition coefficient (Wildman–Crippen LogP) is -0.0326. The number of carbonyl (C=O) groups is 4. The molecule has 192 valence electrons. The molecule has 11 nitrogen and oxygen atoms in total. The van der Waals surface area contributed by atoms with E-state index in [1.165, 1.54) is 12.5 Å². The number of hydrogen-bond donors (Lipinski definition) is 6. The van der Waals surface area contributed by atoms with Crippen LogP contribution in [0, 0.1) is 17.8 Å². The molecule has 0 aliphatic rings. The van der Waals surface area contributed by atoms with Gasteiger partial charge in [-0.15, -0.1) is 0 Å². The molecule has 0 saturated carbocycles. The lowest BCUT2D eigenvalue weighted by molar-refractivity contribution is -0.135. The minimum atomic E-state index is -0.981. The first kappa shape index (κ1) is 29.1. The fourth-order valence-electron chi connectivity index (χ4n) is 3.46. The summed E-state index contributed by atoms with van der Waals surface area (Å²) in [6, 6.07) is -3.52. The maximum absolute atomic E-state index is 13.1. The minimum absolute atomic E-state index is 0.140. The molecule has 0 spiro atoms. The summed E-state index contributed by atoms with van der Waals surface area (Å²) >= 11 is 0. The highest BCUT2D eigenvalue weighted by Gasteiger charge is 2.33. The zero-order valence-corrected chi connectivity index (χ0v) is 21.1. The van der Waals surface area contributed by atoms with Crippen molar-refractivity contribution in [2.24, 2.45) is 29.2 Å². The van der Waals surface area contributed by atoms with Crippen LogP contribution >= 0.6 is 0 Å². The fourth-order valence-corrected chi connectivity index (χ4v) is 3.46. The quantitative estimate of drug-likeness (QED) is 0.217. The Labute approximate surface area is 201 Å². The Balaban J connectivity index is 2.96. The van der Waals surface area contributed by atoms with E-state index in [1.807, 2.05) is 27.7 Å². The van der Waals surface area contributed by atoms with Crippen molar-refractivity contribution >= 4 is 23.6 Å². The van der Waals surface area contributed by atoms with Gasteiger partial charge in [0.2, 0.25) is 23.6 Å². The van der Waals surface area contributed by atoms with Gasteiger partial charge in [0.05, 0.1) is 12.4 Å². The Bertz CT molecular complexity index is 810. The molecular formula is C23H41N7O4. The van der Waals surface area contributed by atoms with Gasteiger partial charge in [-0.3, -0.25) is 19.2 Å². The molecule has 0 aliphatic carbocycles. The van der Waals surface area contributed by atoms with Crippen LogP contribution in [0.5, 0.6) is 0 Å². The summed E-state index contributed by atoms with van der Waals surface area (Å²) in [5.74, 6) is -2.40. The summed E-state index contributed by atoms with van der Waals surface area (Å²) < 4.78 is 0. The van der Waals surface area contributed by atoms with E-state index in [9.17, 15) is 19.2 Å². The third kappa shape index (κ3) is 9.12. The monoisotopic (exact) mass is 479 g/mol. The molecule has 0 saturated heterocycles. The molecule has 0 aliphatic heterocycles. The van der Waals surface area contributed by atoms with Gasteiger partial charge in [-0.25, -0.2) is 4.98 Å². The number of amides is 4. The molecule has 0 aromatic carbocycles. The topological polar surface area (TPSA) is 185 Å². The summed E-state index contributed by atoms with van der Waals surface area (Å²) in [5.41, 5.74) is 12.1. The zero-order chi connectivity index (χ0) is 26.0. The first-order valence-electron chi connectivity index (χ1n) is 11.8. The van der Waals surface area contributed by atoms with Crippen molar-refractivity contribution in [2.45, 2.75) is 85.0 Å². The Kier molecular flexibility index (Phi) is 11.7. The molecule has 1 heterocycles. The average molecular weight is 480 g/mol. The van der Waals surface area contributed by atoms with E-state index in [0.29, 0.717) is 18.5 Å². The Hall–Kier alpha value is -2.95. The molecule has 4 amide bonds. The van der Waals surface area contributed by atoms with Gasteiger partial charge in [-0.05, 0) is 24.2 Å². The van der Waals surface area contributed by atoms with E-state index >= 15 is 0 Å². The highest BCUT2D eigenvalue weighted by molar-refractivity contribution is 5.94. The maximum Gasteiger partial charge on any atom is 0.243 e. The SMILES string of the molecule is CC[C@H](C)[C@H](NC(=O)[C@@H](NC(=O)[C@@H](N)CC(C)C)C(C)C)C(=O)N[C@@H](Cc1cnc[nH]1)C(N)=O. The second-order valence-electron chi connectivity index (χ2n) is 9.58. The first-order valence-corrected chi connectivity index (χ1v) is 11.8. The van der Waals surface area contributed by atoms with Gasteiger partial charge in [0.15, 0.2) is 0 Å². The molecule has 1 aromatic rings. The Morgan fingerprint density at radius 1 is 0.971 bits per heavy atom. The van der Waals surface area contributed by atoms with Crippen LogP contribution in [0.1, 0.15) is 60.1 Å². The number of carbonyl (C=O) groups excluding carboxylic acids is 4. The fraction of sp³-hybridized carbons (Fsp3) is 0.696. The van der Waals surface area contributed by atoms with Gasteiger partial charge in [-0.2, -0.15) is 0 Å². The zero-order valence-electron chi connectivity index (χ0n) is 21.1. The number of rotatable bonds is 14. The predicted molar refractivity (Wildman–Crippen MR) is 129 cm³/mol. The van der Waals surface area contributed by atoms with Crippen LogP contribution in [-0.2, 0) is 25.6 Å². The lowest BCUT2D eigenvalue weighted by Crippen LogP contribution is -2.60. The van der Waals surface area contributed by atoms with E-state index in [-0.39, 0.29) is 24.2 Å². The normalized spacial score (nSPS) is 15.8. The third-order valence-electron chi connectivity index (χ3n) is 5.74. The Morgan fingerprint density at radius 3 is 2.03 bits per heavy atom. The number of primary amides is 1. The lowest BCUT2D eigenvalue weighted by atomic mass is 9.95. The standard InChI is InChI=1S/C23H41N7O4/c1-7-14(6)19(23(34)28-17(20(25)31)9-15-10-26-11-27-15)30-22(33)18(13(4)5)29-21(32)16(24)8-12(2)3/h10-14,16-19H,7-9,24H2,1-6H3,(H2,25,31)(H,26,27)(H,28,34)(H,29,32)(H,30,33)/t14-,16-,17-,18-,19-/m0/s1. The van der Waals surface area contributed by atoms with Crippen molar-refractivity contribution < 1.29 is 19.2 Å². The van der Waals surface area contributed by atoms with Gasteiger partial charge in [0, 0.05) is 18.3 Å². The summed E-state index contributed by atoms with van der Waals surface area (Å²) in [6.07, 6.45) is 4.22. The van der Waals surface area contributed by atoms with Crippen LogP contribution in [0.2, 0.25) is 0 Å². The molecule has 1 aromatic heterocycles. The van der Waals surface area contributed by atoms with Crippen LogP contribution in [0.3, 0.4) is 0 Å². The van der Waals surface area contributed by atoms with Crippen molar-refractivity contribution in [3.63, 3.8) is 0 Å². The highest BCUT2D eigenvalue weighted by atomic mass is 16.2. The van der Waals surface area contributed by atoms with Gasteiger partial charge >= 0.3 is 0 Å². The number of nitrogens with one attached hydrogen (secondary N) is 4. The number of imidazole rings is 1. The number of H-pyrrole nitrogens is 1. The van der Waals surface area contributed by atoms with Gasteiger partial charge < -0.3 is 32.4 Å². The number of nitrogens with two attached hydrogens (primary N) is 2. The minimum Gasteiger partial charge on any atom is -0.368 e. The molecule has 34 heavy (non-hydrogen) atoms. The summed E-state index contributed by atoms with van der Waals surface area (Å²) in [4.78, 5) is 57.4. The van der Waals surface area contributed by atoms with Crippen molar-refractivity contribution in [1.82, 2.24) is 25.9 Å². The van der Waals surface area contributed by atoms with Gasteiger partial charge in [0.1, 0.15) is 18.1 Å². The maximum atomic E-state index is 13.1. The van der Waals surface area contributed by atoms with Crippen LogP contribution < -0.4 is 27.4 Å². The molecule has 11 heteroatoms. The number of nitrogens with zero attached hydrogens (tertiary/aromatic N) is 1. The van der Waals surface area contributed by atoms with Crippen LogP contribution in [0.15, 0.2) is 12.5 Å². The molecular weight excluding hydrogens is 438 g/mol. The van der Waals surface area contributed by atoms with E-state index in [2.05, 4.69) is 25.9 Å². The lowest BCUT2D eigenvalue weighted by Gasteiger charge is -2.29. The first-order chi connectivity index (χ1) is 15.9. The second-order valence-corrected chi connectivity index (χ2v) is 9.58. The summed E-state index contributed by atoms with van der Waals surface area (Å²) in [7, 11) is 0. The molecule has 0 unspecified atom stereocenters. The van der Waals surface area contributed by atoms with Crippen molar-refractivity contribution in [3.05, 3.63) is 18.2 Å². The number of aromatic nitrogens is 2. The van der Waals surface area contributed by atoms with Crippen LogP contribution in [-0.4, -0.2) is 57.8 Å². The molecule has 0 fully saturated rings. The number of hydrogen-bond acceptors (Lipinski definition) is 6. The summed E-state index contributed by atoms with van der Waals surface area (Å²) in [6.45, 7) is 11.2. The average Bonchev–Trinajstić information content (AvgIpc) is 3.26. The van der Waals surface area contributed by atoms with Crippen molar-refractivity contribution in [2.75, 3.05) is 0 Å². The largest absolute Gasteiger partial charge is 0.368 e. The molecule has 5 atom stereocenters. The highest BCUT2D eigenvalue weighted by Crippen LogP contribution is 2.12. The molecule has 8 N–H and O–H groups in total. The third-order valence-corrected chi connectivity index (χ3v) is 5.74. The van der Waals surface area contributed by atoms with Crippen LogP contribution in [0.25, 0.3) is 0 Å². The van der Waals surface area contributed by atoms with Crippen molar-refractivity contribution in [3.8, 4) is 0 Å². The molecule has 0 radical (unpaired) electrons. The Morgan fingerprint density at radius 2 is 1.56 bits per heavy atom. The molecule has 0 bridgehead atoms. The van der Waals surface area contributed by atoms with Crippen LogP contribution in [0.4, 0.5) is 0 Å². The van der Waals surface area contributed by atoms with E-state index in [4.69, 9.17) is 11.5 Å². The molecule has 1 rings (SSSR count). The van der Waals surface area contributed by atoms with E-state index in [0.717, 1.165) is 0 Å². The van der Waals surface area contributed by atoms with Crippen molar-refractivity contribution in [1.29, 1.82) is 0 Å².